The molecule has 0 aromatic carbocycles. The van der Waals surface area contributed by atoms with Gasteiger partial charge in [0.05, 0.1) is 5.16 Å². The van der Waals surface area contributed by atoms with E-state index >= 15 is 0 Å². The summed E-state index contributed by atoms with van der Waals surface area (Å²) in [5.74, 6) is -0.111. The summed E-state index contributed by atoms with van der Waals surface area (Å²) in [6.45, 7) is 4.14. The van der Waals surface area contributed by atoms with Crippen molar-refractivity contribution in [1.29, 1.82) is 0 Å². The van der Waals surface area contributed by atoms with Gasteiger partial charge in [-0.3, -0.25) is 4.79 Å². The van der Waals surface area contributed by atoms with Crippen LogP contribution in [0.15, 0.2) is 4.99 Å². The summed E-state index contributed by atoms with van der Waals surface area (Å²) in [7, 11) is 0. The molecule has 10 heavy (non-hydrogen) atoms. The zero-order valence-corrected chi connectivity index (χ0v) is 6.86. The number of likely N-dealkylation sites (N-methyl/N-ethyl adjacent to an activating group) is 1. The van der Waals surface area contributed by atoms with Crippen LogP contribution in [0.5, 0.6) is 0 Å². The molecule has 0 aliphatic rings. The highest BCUT2D eigenvalue weighted by molar-refractivity contribution is 7.78. The van der Waals surface area contributed by atoms with Gasteiger partial charge in [-0.15, -0.1) is 0 Å². The summed E-state index contributed by atoms with van der Waals surface area (Å²) in [5, 5.41) is 4.77. The van der Waals surface area contributed by atoms with Crippen molar-refractivity contribution < 1.29 is 4.79 Å². The molecule has 0 spiro atoms. The van der Waals surface area contributed by atoms with Crippen molar-refractivity contribution in [3.8, 4) is 0 Å². The predicted octanol–water partition coefficient (Wildman–Crippen LogP) is 0.614. The lowest BCUT2D eigenvalue weighted by molar-refractivity contribution is -0.121. The zero-order valence-electron chi connectivity index (χ0n) is 6.05. The minimum atomic E-state index is -0.405. The van der Waals surface area contributed by atoms with Crippen molar-refractivity contribution in [2.24, 2.45) is 4.99 Å². The molecule has 4 heteroatoms. The van der Waals surface area contributed by atoms with Gasteiger partial charge in [0.2, 0.25) is 5.91 Å². The number of nitrogens with one attached hydrogen (secondary N) is 1. The lowest BCUT2D eigenvalue weighted by Gasteiger charge is -2.02. The Hall–Kier alpha value is -0.730. The van der Waals surface area contributed by atoms with Gasteiger partial charge in [0.15, 0.2) is 0 Å². The molecule has 1 unspecified atom stereocenters. The molecule has 0 aromatic heterocycles. The number of hydrogen-bond donors (Lipinski definition) is 1. The summed E-state index contributed by atoms with van der Waals surface area (Å²) in [6, 6.07) is -0.405. The van der Waals surface area contributed by atoms with Crippen LogP contribution in [0.1, 0.15) is 13.8 Å². The standard InChI is InChI=1S/C6H10N2OS/c1-3-7-6(9)5(2)8-4-10/h5H,3H2,1-2H3,(H,7,9). The van der Waals surface area contributed by atoms with Gasteiger partial charge >= 0.3 is 0 Å². The van der Waals surface area contributed by atoms with Crippen molar-refractivity contribution in [1.82, 2.24) is 5.32 Å². The van der Waals surface area contributed by atoms with Crippen molar-refractivity contribution in [2.75, 3.05) is 6.54 Å². The molecule has 3 nitrogen and oxygen atoms in total. The first-order chi connectivity index (χ1) is 4.72. The highest BCUT2D eigenvalue weighted by Crippen LogP contribution is 1.85. The number of thiocarbonyl (C=S) groups is 1. The summed E-state index contributed by atoms with van der Waals surface area (Å²) < 4.78 is 0. The van der Waals surface area contributed by atoms with Crippen LogP contribution in [0.3, 0.4) is 0 Å². The second-order valence-electron chi connectivity index (χ2n) is 1.79. The molecule has 0 fully saturated rings. The van der Waals surface area contributed by atoms with Gasteiger partial charge in [-0.1, -0.05) is 0 Å². The maximum Gasteiger partial charge on any atom is 0.245 e. The quantitative estimate of drug-likeness (QED) is 0.483. The average Bonchev–Trinajstić information content (AvgIpc) is 1.89. The van der Waals surface area contributed by atoms with Crippen molar-refractivity contribution in [3.63, 3.8) is 0 Å². The van der Waals surface area contributed by atoms with Crippen molar-refractivity contribution in [3.05, 3.63) is 0 Å². The molecule has 1 N–H and O–H groups in total. The molecule has 0 saturated carbocycles. The molecular formula is C6H10N2OS. The lowest BCUT2D eigenvalue weighted by atomic mass is 10.3. The third-order valence-corrected chi connectivity index (χ3v) is 1.08. The molecule has 1 amide bonds. The van der Waals surface area contributed by atoms with Crippen LogP contribution in [0.25, 0.3) is 0 Å². The van der Waals surface area contributed by atoms with Gasteiger partial charge in [0, 0.05) is 6.54 Å². The van der Waals surface area contributed by atoms with E-state index in [1.54, 1.807) is 6.92 Å². The van der Waals surface area contributed by atoms with Crippen LogP contribution < -0.4 is 5.32 Å². The van der Waals surface area contributed by atoms with Crippen molar-refractivity contribution in [2.45, 2.75) is 19.9 Å². The largest absolute Gasteiger partial charge is 0.355 e. The number of carbonyl (C=O) groups excluding carboxylic acids is 1. The van der Waals surface area contributed by atoms with Crippen LogP contribution >= 0.6 is 12.2 Å². The summed E-state index contributed by atoms with van der Waals surface area (Å²) in [6.07, 6.45) is 0. The van der Waals surface area contributed by atoms with Crippen LogP contribution in [0.4, 0.5) is 0 Å². The highest BCUT2D eigenvalue weighted by atomic mass is 32.1. The average molecular weight is 158 g/mol. The Kier molecular flexibility index (Phi) is 4.72. The Morgan fingerprint density at radius 2 is 2.50 bits per heavy atom. The van der Waals surface area contributed by atoms with Gasteiger partial charge < -0.3 is 5.32 Å². The zero-order chi connectivity index (χ0) is 7.98. The molecule has 1 atom stereocenters. The van der Waals surface area contributed by atoms with Gasteiger partial charge in [-0.05, 0) is 26.1 Å². The summed E-state index contributed by atoms with van der Waals surface area (Å²) >= 11 is 4.33. The fraction of sp³-hybridized carbons (Fsp3) is 0.667. The number of rotatable bonds is 3. The topological polar surface area (TPSA) is 41.5 Å². The van der Waals surface area contributed by atoms with Gasteiger partial charge in [0.1, 0.15) is 6.04 Å². The minimum absolute atomic E-state index is 0.111. The number of aliphatic imine (C=N–C) groups is 1. The maximum atomic E-state index is 10.8. The van der Waals surface area contributed by atoms with Crippen LogP contribution in [-0.4, -0.2) is 23.7 Å². The lowest BCUT2D eigenvalue weighted by Crippen LogP contribution is -2.31. The van der Waals surface area contributed by atoms with Gasteiger partial charge in [-0.2, -0.15) is 0 Å². The number of isothiocyanates is 1. The van der Waals surface area contributed by atoms with Crippen LogP contribution in [0.2, 0.25) is 0 Å². The Morgan fingerprint density at radius 3 is 2.90 bits per heavy atom. The Balaban J connectivity index is 3.81. The van der Waals surface area contributed by atoms with Crippen LogP contribution in [0, 0.1) is 0 Å². The molecule has 0 saturated heterocycles. The smallest absolute Gasteiger partial charge is 0.245 e. The molecule has 0 bridgehead atoms. The van der Waals surface area contributed by atoms with Gasteiger partial charge in [-0.25, -0.2) is 4.99 Å². The Labute approximate surface area is 65.5 Å². The van der Waals surface area contributed by atoms with E-state index in [4.69, 9.17) is 0 Å². The molecule has 0 rings (SSSR count). The summed E-state index contributed by atoms with van der Waals surface area (Å²) in [5.41, 5.74) is 0. The molecule has 56 valence electrons. The van der Waals surface area contributed by atoms with E-state index in [1.807, 2.05) is 6.92 Å². The maximum absolute atomic E-state index is 10.8. The van der Waals surface area contributed by atoms with E-state index in [-0.39, 0.29) is 5.91 Å². The Bertz CT molecular complexity index is 163. The third kappa shape index (κ3) is 3.33. The molecule has 0 aliphatic carbocycles. The van der Waals surface area contributed by atoms with E-state index in [1.165, 1.54) is 0 Å². The minimum Gasteiger partial charge on any atom is -0.355 e. The fourth-order valence-corrected chi connectivity index (χ4v) is 0.618. The number of carbonyl (C=O) groups is 1. The third-order valence-electron chi connectivity index (χ3n) is 0.977. The second kappa shape index (κ2) is 5.09. The van der Waals surface area contributed by atoms with E-state index in [0.717, 1.165) is 0 Å². The molecule has 0 aliphatic heterocycles. The normalized spacial score (nSPS) is 11.4. The number of amides is 1. The predicted molar refractivity (Wildman–Crippen MR) is 43.2 cm³/mol. The SMILES string of the molecule is CCNC(=O)C(C)N=C=S. The van der Waals surface area contributed by atoms with E-state index < -0.39 is 6.04 Å². The number of hydrogen-bond acceptors (Lipinski definition) is 3. The first kappa shape index (κ1) is 9.27. The second-order valence-corrected chi connectivity index (χ2v) is 1.97. The Morgan fingerprint density at radius 1 is 1.90 bits per heavy atom. The van der Waals surface area contributed by atoms with Crippen LogP contribution in [-0.2, 0) is 4.79 Å². The molecule has 0 radical (unpaired) electrons. The fourth-order valence-electron chi connectivity index (χ4n) is 0.460. The van der Waals surface area contributed by atoms with Crippen molar-refractivity contribution >= 4 is 23.3 Å². The number of nitrogens with zero attached hydrogens (tertiary/aromatic N) is 1. The van der Waals surface area contributed by atoms with E-state index in [9.17, 15) is 4.79 Å². The molecule has 0 aromatic rings. The molecular weight excluding hydrogens is 148 g/mol. The highest BCUT2D eigenvalue weighted by Gasteiger charge is 2.07. The molecule has 0 heterocycles. The first-order valence-corrected chi connectivity index (χ1v) is 3.47. The monoisotopic (exact) mass is 158 g/mol. The van der Waals surface area contributed by atoms with E-state index in [2.05, 4.69) is 27.7 Å². The van der Waals surface area contributed by atoms with Gasteiger partial charge in [0.25, 0.3) is 0 Å². The summed E-state index contributed by atoms with van der Waals surface area (Å²) in [4.78, 5) is 14.4. The van der Waals surface area contributed by atoms with E-state index in [0.29, 0.717) is 6.54 Å². The first-order valence-electron chi connectivity index (χ1n) is 3.07.